The van der Waals surface area contributed by atoms with Crippen molar-refractivity contribution in [3.8, 4) is 0 Å². The van der Waals surface area contributed by atoms with E-state index in [0.717, 1.165) is 18.5 Å². The van der Waals surface area contributed by atoms with Crippen molar-refractivity contribution in [2.24, 2.45) is 5.92 Å². The Hall–Kier alpha value is -0.120. The third kappa shape index (κ3) is 6.17. The van der Waals surface area contributed by atoms with Crippen molar-refractivity contribution in [3.05, 3.63) is 0 Å². The number of hydrogen-bond donors (Lipinski definition) is 1. The Labute approximate surface area is 114 Å². The van der Waals surface area contributed by atoms with Gasteiger partial charge in [-0.3, -0.25) is 0 Å². The lowest BCUT2D eigenvalue weighted by Crippen LogP contribution is -2.43. The Morgan fingerprint density at radius 1 is 1.06 bits per heavy atom. The summed E-state index contributed by atoms with van der Waals surface area (Å²) < 4.78 is 0. The molecule has 108 valence electrons. The van der Waals surface area contributed by atoms with E-state index < -0.39 is 0 Å². The van der Waals surface area contributed by atoms with Crippen LogP contribution in [-0.2, 0) is 0 Å². The second kappa shape index (κ2) is 8.89. The van der Waals surface area contributed by atoms with Gasteiger partial charge in [-0.1, -0.05) is 19.8 Å². The fraction of sp³-hybridized carbons (Fsp3) is 1.00. The van der Waals surface area contributed by atoms with Crippen LogP contribution in [0.15, 0.2) is 0 Å². The van der Waals surface area contributed by atoms with Crippen LogP contribution in [0.1, 0.15) is 39.0 Å². The lowest BCUT2D eigenvalue weighted by atomic mass is 9.84. The summed E-state index contributed by atoms with van der Waals surface area (Å²) in [6.45, 7) is 7.04. The van der Waals surface area contributed by atoms with Crippen molar-refractivity contribution in [1.82, 2.24) is 15.1 Å². The van der Waals surface area contributed by atoms with Crippen molar-refractivity contribution in [2.75, 3.05) is 47.3 Å². The van der Waals surface area contributed by atoms with Gasteiger partial charge in [0.2, 0.25) is 0 Å². The largest absolute Gasteiger partial charge is 0.314 e. The van der Waals surface area contributed by atoms with E-state index in [1.165, 1.54) is 51.7 Å². The Morgan fingerprint density at radius 3 is 2.44 bits per heavy atom. The number of rotatable bonds is 8. The Kier molecular flexibility index (Phi) is 7.87. The molecule has 0 radical (unpaired) electrons. The minimum atomic E-state index is 0.764. The monoisotopic (exact) mass is 255 g/mol. The van der Waals surface area contributed by atoms with E-state index in [2.05, 4.69) is 43.2 Å². The van der Waals surface area contributed by atoms with Crippen LogP contribution in [0.2, 0.25) is 0 Å². The second-order valence-corrected chi connectivity index (χ2v) is 6.13. The predicted molar refractivity (Wildman–Crippen MR) is 80.1 cm³/mol. The molecular formula is C15H33N3. The molecule has 1 rings (SSSR count). The van der Waals surface area contributed by atoms with E-state index in [0.29, 0.717) is 0 Å². The van der Waals surface area contributed by atoms with Gasteiger partial charge in [0.05, 0.1) is 0 Å². The molecule has 0 spiro atoms. The molecule has 3 heteroatoms. The number of hydrogen-bond acceptors (Lipinski definition) is 3. The van der Waals surface area contributed by atoms with Gasteiger partial charge in [0.25, 0.3) is 0 Å². The Morgan fingerprint density at radius 2 is 1.78 bits per heavy atom. The van der Waals surface area contributed by atoms with Gasteiger partial charge in [0, 0.05) is 12.6 Å². The molecule has 0 bridgehead atoms. The van der Waals surface area contributed by atoms with Gasteiger partial charge in [-0.25, -0.2) is 0 Å². The third-order valence-electron chi connectivity index (χ3n) is 4.07. The van der Waals surface area contributed by atoms with Crippen LogP contribution in [0.4, 0.5) is 0 Å². The summed E-state index contributed by atoms with van der Waals surface area (Å²) in [6, 6.07) is 0.764. The molecule has 18 heavy (non-hydrogen) atoms. The average molecular weight is 255 g/mol. The van der Waals surface area contributed by atoms with Crippen molar-refractivity contribution in [3.63, 3.8) is 0 Å². The first kappa shape index (κ1) is 15.9. The zero-order valence-corrected chi connectivity index (χ0v) is 12.9. The maximum absolute atomic E-state index is 3.68. The summed E-state index contributed by atoms with van der Waals surface area (Å²) in [5, 5.41) is 3.68. The molecule has 0 aromatic heterocycles. The maximum Gasteiger partial charge on any atom is 0.0107 e. The molecule has 1 saturated carbocycles. The molecule has 1 fully saturated rings. The van der Waals surface area contributed by atoms with Crippen LogP contribution in [-0.4, -0.2) is 63.2 Å². The Bertz CT molecular complexity index is 204. The molecule has 0 aromatic carbocycles. The highest BCUT2D eigenvalue weighted by molar-refractivity contribution is 4.82. The van der Waals surface area contributed by atoms with Gasteiger partial charge in [-0.2, -0.15) is 0 Å². The number of nitrogens with zero attached hydrogens (tertiary/aromatic N) is 2. The lowest BCUT2D eigenvalue weighted by molar-refractivity contribution is 0.186. The minimum absolute atomic E-state index is 0.764. The van der Waals surface area contributed by atoms with Crippen LogP contribution in [0, 0.1) is 5.92 Å². The zero-order chi connectivity index (χ0) is 13.4. The molecule has 1 aliphatic rings. The molecule has 2 unspecified atom stereocenters. The highest BCUT2D eigenvalue weighted by atomic mass is 15.1. The van der Waals surface area contributed by atoms with E-state index in [1.54, 1.807) is 0 Å². The summed E-state index contributed by atoms with van der Waals surface area (Å²) in [6.07, 6.45) is 6.92. The quantitative estimate of drug-likeness (QED) is 0.716. The molecule has 3 nitrogen and oxygen atoms in total. The minimum Gasteiger partial charge on any atom is -0.314 e. The molecule has 0 aromatic rings. The normalized spacial score (nSPS) is 25.0. The molecule has 1 aliphatic carbocycles. The molecule has 0 amide bonds. The molecule has 0 aliphatic heterocycles. The van der Waals surface area contributed by atoms with Crippen LogP contribution in [0.3, 0.4) is 0 Å². The molecule has 0 heterocycles. The van der Waals surface area contributed by atoms with E-state index >= 15 is 0 Å². The van der Waals surface area contributed by atoms with Crippen LogP contribution in [0.25, 0.3) is 0 Å². The summed E-state index contributed by atoms with van der Waals surface area (Å²) in [4.78, 5) is 4.81. The van der Waals surface area contributed by atoms with Crippen molar-refractivity contribution in [1.29, 1.82) is 0 Å². The van der Waals surface area contributed by atoms with Gasteiger partial charge < -0.3 is 15.1 Å². The van der Waals surface area contributed by atoms with Crippen LogP contribution >= 0.6 is 0 Å². The molecule has 0 saturated heterocycles. The second-order valence-electron chi connectivity index (χ2n) is 6.13. The summed E-state index contributed by atoms with van der Waals surface area (Å²) in [5.41, 5.74) is 0. The lowest BCUT2D eigenvalue weighted by Gasteiger charge is -2.35. The summed E-state index contributed by atoms with van der Waals surface area (Å²) >= 11 is 0. The van der Waals surface area contributed by atoms with Crippen LogP contribution in [0.5, 0.6) is 0 Å². The third-order valence-corrected chi connectivity index (χ3v) is 4.07. The van der Waals surface area contributed by atoms with Gasteiger partial charge in [-0.05, 0) is 66.0 Å². The zero-order valence-electron chi connectivity index (χ0n) is 12.9. The SMILES string of the molecule is CCNC1CCCCC1CN(C)CCCN(C)C. The fourth-order valence-corrected chi connectivity index (χ4v) is 3.11. The number of nitrogens with one attached hydrogen (secondary N) is 1. The first-order valence-electron chi connectivity index (χ1n) is 7.70. The van der Waals surface area contributed by atoms with E-state index in [4.69, 9.17) is 0 Å². The fourth-order valence-electron chi connectivity index (χ4n) is 3.11. The highest BCUT2D eigenvalue weighted by Gasteiger charge is 2.24. The van der Waals surface area contributed by atoms with Crippen LogP contribution < -0.4 is 5.32 Å². The highest BCUT2D eigenvalue weighted by Crippen LogP contribution is 2.25. The standard InChI is InChI=1S/C15H33N3/c1-5-16-15-10-7-6-9-14(15)13-18(4)12-8-11-17(2)3/h14-16H,5-13H2,1-4H3. The summed E-state index contributed by atoms with van der Waals surface area (Å²) in [7, 11) is 6.60. The van der Waals surface area contributed by atoms with E-state index in [9.17, 15) is 0 Å². The maximum atomic E-state index is 3.68. The summed E-state index contributed by atoms with van der Waals surface area (Å²) in [5.74, 6) is 0.864. The average Bonchev–Trinajstić information content (AvgIpc) is 2.31. The van der Waals surface area contributed by atoms with Crippen molar-refractivity contribution < 1.29 is 0 Å². The molecule has 2 atom stereocenters. The smallest absolute Gasteiger partial charge is 0.0107 e. The van der Waals surface area contributed by atoms with E-state index in [1.807, 2.05) is 0 Å². The van der Waals surface area contributed by atoms with E-state index in [-0.39, 0.29) is 0 Å². The first-order chi connectivity index (χ1) is 8.63. The van der Waals surface area contributed by atoms with Gasteiger partial charge >= 0.3 is 0 Å². The molecular weight excluding hydrogens is 222 g/mol. The topological polar surface area (TPSA) is 18.5 Å². The van der Waals surface area contributed by atoms with Gasteiger partial charge in [-0.15, -0.1) is 0 Å². The van der Waals surface area contributed by atoms with Crippen molar-refractivity contribution >= 4 is 0 Å². The van der Waals surface area contributed by atoms with Crippen molar-refractivity contribution in [2.45, 2.75) is 45.1 Å². The first-order valence-corrected chi connectivity index (χ1v) is 7.70. The molecule has 1 N–H and O–H groups in total. The Balaban J connectivity index is 2.25. The predicted octanol–water partition coefficient (Wildman–Crippen LogP) is 2.04. The van der Waals surface area contributed by atoms with Gasteiger partial charge in [0.15, 0.2) is 0 Å². The van der Waals surface area contributed by atoms with Gasteiger partial charge in [0.1, 0.15) is 0 Å².